The highest BCUT2D eigenvalue weighted by molar-refractivity contribution is 5.96. The predicted molar refractivity (Wildman–Crippen MR) is 111 cm³/mol. The van der Waals surface area contributed by atoms with Crippen molar-refractivity contribution in [2.45, 2.75) is 26.3 Å². The number of ether oxygens (including phenoxy) is 2. The summed E-state index contributed by atoms with van der Waals surface area (Å²) in [6, 6.07) is 10.7. The van der Waals surface area contributed by atoms with Crippen LogP contribution in [0, 0.1) is 13.8 Å². The average Bonchev–Trinajstić information content (AvgIpc) is 2.73. The van der Waals surface area contributed by atoms with Gasteiger partial charge < -0.3 is 19.2 Å². The molecule has 1 aliphatic heterocycles. The van der Waals surface area contributed by atoms with Gasteiger partial charge in [0.15, 0.2) is 0 Å². The van der Waals surface area contributed by atoms with Gasteiger partial charge in [0.1, 0.15) is 11.5 Å². The largest absolute Gasteiger partial charge is 0.493 e. The number of carbonyl (C=O) groups excluding carboxylic acids is 1. The zero-order valence-electron chi connectivity index (χ0n) is 17.0. The Morgan fingerprint density at radius 3 is 2.67 bits per heavy atom. The molecule has 0 saturated carbocycles. The van der Waals surface area contributed by atoms with E-state index in [2.05, 4.69) is 10.3 Å². The van der Waals surface area contributed by atoms with Crippen molar-refractivity contribution in [2.75, 3.05) is 13.7 Å². The lowest BCUT2D eigenvalue weighted by molar-refractivity contribution is 0.0920. The second kappa shape index (κ2) is 8.02. The van der Waals surface area contributed by atoms with Crippen LogP contribution in [0.5, 0.6) is 11.6 Å². The number of hydrogen-bond donors (Lipinski definition) is 1. The first-order chi connectivity index (χ1) is 14.5. The molecule has 1 atom stereocenters. The van der Waals surface area contributed by atoms with Crippen LogP contribution in [-0.2, 0) is 0 Å². The number of hydrogen-bond acceptors (Lipinski definition) is 6. The molecular weight excluding hydrogens is 384 g/mol. The third-order valence-electron chi connectivity index (χ3n) is 5.19. The van der Waals surface area contributed by atoms with E-state index in [-0.39, 0.29) is 11.9 Å². The molecule has 0 fully saturated rings. The zero-order chi connectivity index (χ0) is 21.3. The minimum absolute atomic E-state index is 0.224. The molecule has 7 heteroatoms. The third kappa shape index (κ3) is 3.78. The average molecular weight is 406 g/mol. The van der Waals surface area contributed by atoms with E-state index in [0.717, 1.165) is 22.4 Å². The van der Waals surface area contributed by atoms with Crippen LogP contribution in [0.4, 0.5) is 0 Å². The summed E-state index contributed by atoms with van der Waals surface area (Å²) in [5.74, 6) is 1.32. The molecular formula is C23H22N2O5. The summed E-state index contributed by atoms with van der Waals surface area (Å²) < 4.78 is 16.0. The second-order valence-corrected chi connectivity index (χ2v) is 7.18. The molecule has 0 radical (unpaired) electrons. The van der Waals surface area contributed by atoms with Gasteiger partial charge in [-0.3, -0.25) is 4.79 Å². The fourth-order valence-electron chi connectivity index (χ4n) is 3.72. The van der Waals surface area contributed by atoms with Gasteiger partial charge in [-0.2, -0.15) is 0 Å². The molecule has 0 bridgehead atoms. The van der Waals surface area contributed by atoms with Gasteiger partial charge in [0.25, 0.3) is 5.91 Å². The van der Waals surface area contributed by atoms with E-state index in [1.165, 1.54) is 6.07 Å². The summed E-state index contributed by atoms with van der Waals surface area (Å²) in [6.45, 7) is 3.85. The van der Waals surface area contributed by atoms with Crippen molar-refractivity contribution in [3.63, 3.8) is 0 Å². The fourth-order valence-corrected chi connectivity index (χ4v) is 3.72. The molecule has 1 aromatic carbocycles. The number of pyridine rings is 1. The van der Waals surface area contributed by atoms with E-state index in [1.807, 2.05) is 24.3 Å². The number of methoxy groups -OCH3 is 1. The van der Waals surface area contributed by atoms with Crippen LogP contribution in [0.25, 0.3) is 11.1 Å². The number of carbonyl (C=O) groups is 1. The van der Waals surface area contributed by atoms with Crippen LogP contribution in [0.3, 0.4) is 0 Å². The molecule has 3 heterocycles. The summed E-state index contributed by atoms with van der Waals surface area (Å²) in [6.07, 6.45) is 2.38. The van der Waals surface area contributed by atoms with Crippen LogP contribution in [0.1, 0.15) is 39.7 Å². The van der Waals surface area contributed by atoms with Crippen molar-refractivity contribution in [3.05, 3.63) is 75.5 Å². The van der Waals surface area contributed by atoms with Crippen LogP contribution < -0.4 is 20.4 Å². The van der Waals surface area contributed by atoms with Gasteiger partial charge in [-0.05, 0) is 43.2 Å². The lowest BCUT2D eigenvalue weighted by Gasteiger charge is -2.27. The summed E-state index contributed by atoms with van der Waals surface area (Å²) >= 11 is 0. The van der Waals surface area contributed by atoms with E-state index in [1.54, 1.807) is 33.2 Å². The molecule has 1 amide bonds. The monoisotopic (exact) mass is 406 g/mol. The number of aryl methyl sites for hydroxylation is 2. The van der Waals surface area contributed by atoms with E-state index >= 15 is 0 Å². The number of nitrogens with zero attached hydrogens (tertiary/aromatic N) is 1. The van der Waals surface area contributed by atoms with Gasteiger partial charge in [-0.1, -0.05) is 6.07 Å². The first kappa shape index (κ1) is 19.7. The number of fused-ring (bicyclic) bond motifs is 1. The maximum atomic E-state index is 13.0. The molecule has 0 aliphatic carbocycles. The molecule has 0 saturated heterocycles. The van der Waals surface area contributed by atoms with Gasteiger partial charge in [0, 0.05) is 35.9 Å². The van der Waals surface area contributed by atoms with Crippen molar-refractivity contribution in [3.8, 4) is 22.8 Å². The lowest BCUT2D eigenvalue weighted by atomic mass is 9.95. The van der Waals surface area contributed by atoms with Gasteiger partial charge in [-0.15, -0.1) is 0 Å². The molecule has 2 aromatic heterocycles. The van der Waals surface area contributed by atoms with Crippen LogP contribution in [-0.4, -0.2) is 24.6 Å². The maximum Gasteiger partial charge on any atom is 0.336 e. The van der Waals surface area contributed by atoms with Crippen molar-refractivity contribution in [1.29, 1.82) is 0 Å². The molecule has 7 nitrogen and oxygen atoms in total. The quantitative estimate of drug-likeness (QED) is 0.712. The smallest absolute Gasteiger partial charge is 0.336 e. The van der Waals surface area contributed by atoms with E-state index in [4.69, 9.17) is 13.9 Å². The molecule has 3 aromatic rings. The molecule has 1 aliphatic rings. The Morgan fingerprint density at radius 2 is 1.97 bits per heavy atom. The topological polar surface area (TPSA) is 90.7 Å². The van der Waals surface area contributed by atoms with Crippen molar-refractivity contribution in [1.82, 2.24) is 10.3 Å². The number of rotatable bonds is 4. The highest BCUT2D eigenvalue weighted by Gasteiger charge is 2.26. The third-order valence-corrected chi connectivity index (χ3v) is 5.19. The molecule has 4 rings (SSSR count). The zero-order valence-corrected chi connectivity index (χ0v) is 17.0. The Hall–Kier alpha value is -3.61. The standard InChI is InChI=1S/C23H22N2O5/c1-13-10-21(26)30-14(2)22(13)23(27)25-18-8-9-29-19-6-4-15(11-17(18)19)16-5-7-20(28-3)24-12-16/h4-7,10-12,18H,8-9H2,1-3H3,(H,25,27). The Morgan fingerprint density at radius 1 is 1.17 bits per heavy atom. The minimum Gasteiger partial charge on any atom is -0.493 e. The van der Waals surface area contributed by atoms with Gasteiger partial charge in [0.05, 0.1) is 25.3 Å². The Bertz CT molecular complexity index is 1120. The molecule has 154 valence electrons. The lowest BCUT2D eigenvalue weighted by Crippen LogP contribution is -2.33. The van der Waals surface area contributed by atoms with Crippen molar-refractivity contribution >= 4 is 5.91 Å². The van der Waals surface area contributed by atoms with Crippen LogP contribution in [0.2, 0.25) is 0 Å². The van der Waals surface area contributed by atoms with E-state index in [9.17, 15) is 9.59 Å². The second-order valence-electron chi connectivity index (χ2n) is 7.18. The first-order valence-corrected chi connectivity index (χ1v) is 9.65. The predicted octanol–water partition coefficient (Wildman–Crippen LogP) is 3.58. The molecule has 0 spiro atoms. The van der Waals surface area contributed by atoms with Crippen LogP contribution in [0.15, 0.2) is 51.8 Å². The molecule has 30 heavy (non-hydrogen) atoms. The molecule has 1 N–H and O–H groups in total. The highest BCUT2D eigenvalue weighted by Crippen LogP contribution is 2.36. The highest BCUT2D eigenvalue weighted by atomic mass is 16.5. The van der Waals surface area contributed by atoms with Crippen molar-refractivity contribution in [2.24, 2.45) is 0 Å². The molecule has 1 unspecified atom stereocenters. The summed E-state index contributed by atoms with van der Waals surface area (Å²) in [7, 11) is 1.58. The normalized spacial score (nSPS) is 15.1. The number of benzene rings is 1. The number of amides is 1. The van der Waals surface area contributed by atoms with Crippen LogP contribution >= 0.6 is 0 Å². The van der Waals surface area contributed by atoms with E-state index < -0.39 is 5.63 Å². The summed E-state index contributed by atoms with van der Waals surface area (Å²) in [4.78, 5) is 28.7. The first-order valence-electron chi connectivity index (χ1n) is 9.65. The van der Waals surface area contributed by atoms with Crippen molar-refractivity contribution < 1.29 is 18.7 Å². The SMILES string of the molecule is COc1ccc(-c2ccc3c(c2)C(NC(=O)c2c(C)cc(=O)oc2C)CCO3)cn1. The van der Waals surface area contributed by atoms with E-state index in [0.29, 0.717) is 35.8 Å². The summed E-state index contributed by atoms with van der Waals surface area (Å²) in [5.41, 5.74) is 3.31. The fraction of sp³-hybridized carbons (Fsp3) is 0.261. The summed E-state index contributed by atoms with van der Waals surface area (Å²) in [5, 5.41) is 3.07. The Kier molecular flexibility index (Phi) is 5.27. The van der Waals surface area contributed by atoms with Gasteiger partial charge >= 0.3 is 5.63 Å². The maximum absolute atomic E-state index is 13.0. The number of nitrogens with one attached hydrogen (secondary N) is 1. The number of aromatic nitrogens is 1. The Labute approximate surface area is 173 Å². The minimum atomic E-state index is -0.462. The Balaban J connectivity index is 1.64. The van der Waals surface area contributed by atoms with Gasteiger partial charge in [-0.25, -0.2) is 9.78 Å². The van der Waals surface area contributed by atoms with Gasteiger partial charge in [0.2, 0.25) is 5.88 Å².